The number of carbonyl (C=O) groups is 4. The Morgan fingerprint density at radius 2 is 1.51 bits per heavy atom. The molecule has 0 spiro atoms. The highest BCUT2D eigenvalue weighted by Crippen LogP contribution is 2.28. The van der Waals surface area contributed by atoms with Crippen molar-refractivity contribution in [2.45, 2.75) is 56.4 Å². The summed E-state index contributed by atoms with van der Waals surface area (Å²) in [6.45, 7) is 1.62. The quantitative estimate of drug-likeness (QED) is 0.484. The molecule has 0 aliphatic carbocycles. The Balaban J connectivity index is 1.50. The number of nitrogens with zero attached hydrogens (tertiary/aromatic N) is 2. The lowest BCUT2D eigenvalue weighted by molar-refractivity contribution is -0.129. The molecule has 2 saturated heterocycles. The van der Waals surface area contributed by atoms with Crippen molar-refractivity contribution in [1.82, 2.24) is 4.31 Å². The molecule has 2 aromatic rings. The summed E-state index contributed by atoms with van der Waals surface area (Å²) in [5.74, 6) is -1.12. The molecule has 3 amide bonds. The number of rotatable bonds is 6. The van der Waals surface area contributed by atoms with E-state index in [1.807, 2.05) is 0 Å². The summed E-state index contributed by atoms with van der Waals surface area (Å²) in [5, 5.41) is 2.76. The molecule has 0 bridgehead atoms. The summed E-state index contributed by atoms with van der Waals surface area (Å²) in [6.07, 6.45) is 2.91. The van der Waals surface area contributed by atoms with Crippen LogP contribution in [0, 0.1) is 0 Å². The molecule has 1 unspecified atom stereocenters. The van der Waals surface area contributed by atoms with Crippen LogP contribution in [0.1, 0.15) is 55.8 Å². The molecular formula is C25H27N3O6S. The van der Waals surface area contributed by atoms with E-state index in [9.17, 15) is 27.6 Å². The van der Waals surface area contributed by atoms with Crippen LogP contribution in [0.2, 0.25) is 0 Å². The van der Waals surface area contributed by atoms with Crippen LogP contribution in [0.15, 0.2) is 53.4 Å². The van der Waals surface area contributed by atoms with E-state index in [0.29, 0.717) is 55.5 Å². The molecule has 1 N–H and O–H groups in total. The number of nitrogens with one attached hydrogen (secondary N) is 1. The van der Waals surface area contributed by atoms with Gasteiger partial charge in [0.15, 0.2) is 5.78 Å². The minimum absolute atomic E-state index is 0.0300. The fraction of sp³-hybridized carbons (Fsp3) is 0.360. The average molecular weight is 498 g/mol. The Hall–Kier alpha value is -3.37. The van der Waals surface area contributed by atoms with Crippen LogP contribution in [0.3, 0.4) is 0 Å². The van der Waals surface area contributed by atoms with Gasteiger partial charge >= 0.3 is 0 Å². The van der Waals surface area contributed by atoms with E-state index >= 15 is 0 Å². The molecule has 0 radical (unpaired) electrons. The van der Waals surface area contributed by atoms with Gasteiger partial charge in [0.25, 0.3) is 0 Å². The third-order valence-electron chi connectivity index (χ3n) is 6.30. The second kappa shape index (κ2) is 10.1. The summed E-state index contributed by atoms with van der Waals surface area (Å²) < 4.78 is 27.8. The van der Waals surface area contributed by atoms with E-state index in [1.54, 1.807) is 24.3 Å². The number of carbonyl (C=O) groups excluding carboxylic acids is 4. The molecule has 0 aromatic heterocycles. The van der Waals surface area contributed by atoms with Crippen molar-refractivity contribution in [2.24, 2.45) is 0 Å². The van der Waals surface area contributed by atoms with Crippen molar-refractivity contribution in [3.8, 4) is 0 Å². The minimum Gasteiger partial charge on any atom is -0.325 e. The summed E-state index contributed by atoms with van der Waals surface area (Å²) in [7, 11) is -3.94. The van der Waals surface area contributed by atoms with Crippen LogP contribution in [-0.2, 0) is 24.4 Å². The minimum atomic E-state index is -3.94. The molecule has 4 rings (SSSR count). The van der Waals surface area contributed by atoms with Gasteiger partial charge in [0, 0.05) is 30.6 Å². The Bertz CT molecular complexity index is 1240. The van der Waals surface area contributed by atoms with E-state index in [2.05, 4.69) is 5.32 Å². The second-order valence-corrected chi connectivity index (χ2v) is 10.6. The second-order valence-electron chi connectivity index (χ2n) is 8.72. The molecule has 2 aliphatic rings. The molecule has 184 valence electrons. The molecule has 10 heteroatoms. The highest BCUT2D eigenvalue weighted by atomic mass is 32.2. The van der Waals surface area contributed by atoms with Crippen LogP contribution in [0.5, 0.6) is 0 Å². The van der Waals surface area contributed by atoms with E-state index in [4.69, 9.17) is 0 Å². The van der Waals surface area contributed by atoms with Crippen LogP contribution >= 0.6 is 0 Å². The van der Waals surface area contributed by atoms with Gasteiger partial charge in [0.2, 0.25) is 27.7 Å². The van der Waals surface area contributed by atoms with Crippen LogP contribution in [0.25, 0.3) is 0 Å². The number of benzene rings is 2. The third kappa shape index (κ3) is 5.18. The number of Topliss-reactive ketones (excluding diaryl/α,β-unsaturated/α-hetero) is 1. The van der Waals surface area contributed by atoms with Gasteiger partial charge in [-0.1, -0.05) is 18.6 Å². The van der Waals surface area contributed by atoms with Gasteiger partial charge in [-0.2, -0.15) is 4.31 Å². The molecule has 1 atom stereocenters. The van der Waals surface area contributed by atoms with Crippen molar-refractivity contribution in [3.05, 3.63) is 54.1 Å². The normalized spacial score (nSPS) is 19.5. The van der Waals surface area contributed by atoms with Gasteiger partial charge in [-0.05, 0) is 62.6 Å². The van der Waals surface area contributed by atoms with Gasteiger partial charge in [-0.25, -0.2) is 8.42 Å². The SMILES string of the molecule is CC(=O)c1ccc(S(=O)(=O)N2CCCCC2C(=O)Nc2ccc(N3C(=O)CCCC3=O)cc2)cc1. The molecule has 0 saturated carbocycles. The average Bonchev–Trinajstić information content (AvgIpc) is 2.85. The fourth-order valence-electron chi connectivity index (χ4n) is 4.41. The standard InChI is InChI=1S/C25H27N3O6S/c1-17(29)18-8-14-21(15-9-18)35(33,34)27-16-3-2-5-22(27)25(32)26-19-10-12-20(13-11-19)28-23(30)6-4-7-24(28)31/h8-15,22H,2-7,16H2,1H3,(H,26,32). The highest BCUT2D eigenvalue weighted by Gasteiger charge is 2.37. The lowest BCUT2D eigenvalue weighted by atomic mass is 10.0. The fourth-order valence-corrected chi connectivity index (χ4v) is 6.07. The van der Waals surface area contributed by atoms with Gasteiger partial charge in [-0.3, -0.25) is 24.1 Å². The molecule has 2 aliphatic heterocycles. The zero-order valence-electron chi connectivity index (χ0n) is 19.4. The van der Waals surface area contributed by atoms with Crippen LogP contribution < -0.4 is 10.2 Å². The number of amides is 3. The lowest BCUT2D eigenvalue weighted by Crippen LogP contribution is -2.49. The van der Waals surface area contributed by atoms with E-state index in [1.165, 1.54) is 35.5 Å². The summed E-state index contributed by atoms with van der Waals surface area (Å²) in [4.78, 5) is 50.1. The molecule has 2 fully saturated rings. The van der Waals surface area contributed by atoms with Gasteiger partial charge in [0.05, 0.1) is 10.6 Å². The van der Waals surface area contributed by atoms with E-state index in [-0.39, 0.29) is 29.0 Å². The number of anilines is 2. The largest absolute Gasteiger partial charge is 0.325 e. The molecule has 35 heavy (non-hydrogen) atoms. The Labute approximate surface area is 204 Å². The van der Waals surface area contributed by atoms with Crippen molar-refractivity contribution >= 4 is 44.9 Å². The highest BCUT2D eigenvalue weighted by molar-refractivity contribution is 7.89. The molecule has 9 nitrogen and oxygen atoms in total. The maximum Gasteiger partial charge on any atom is 0.243 e. The molecule has 2 aromatic carbocycles. The maximum absolute atomic E-state index is 13.3. The Kier molecular flexibility index (Phi) is 7.13. The van der Waals surface area contributed by atoms with Crippen molar-refractivity contribution in [3.63, 3.8) is 0 Å². The predicted octanol–water partition coefficient (Wildman–Crippen LogP) is 3.11. The van der Waals surface area contributed by atoms with Gasteiger partial charge < -0.3 is 5.32 Å². The molecule has 2 heterocycles. The Morgan fingerprint density at radius 3 is 2.11 bits per heavy atom. The first kappa shape index (κ1) is 24.7. The van der Waals surface area contributed by atoms with Crippen molar-refractivity contribution in [2.75, 3.05) is 16.8 Å². The van der Waals surface area contributed by atoms with Gasteiger partial charge in [0.1, 0.15) is 6.04 Å². The van der Waals surface area contributed by atoms with Crippen molar-refractivity contribution < 1.29 is 27.6 Å². The number of imide groups is 1. The number of ketones is 1. The number of piperidine rings is 2. The predicted molar refractivity (Wildman–Crippen MR) is 129 cm³/mol. The first-order chi connectivity index (χ1) is 16.7. The zero-order valence-corrected chi connectivity index (χ0v) is 20.2. The first-order valence-corrected chi connectivity index (χ1v) is 13.0. The lowest BCUT2D eigenvalue weighted by Gasteiger charge is -2.33. The summed E-state index contributed by atoms with van der Waals surface area (Å²) >= 11 is 0. The Morgan fingerprint density at radius 1 is 0.886 bits per heavy atom. The van der Waals surface area contributed by atoms with E-state index < -0.39 is 22.0 Å². The summed E-state index contributed by atoms with van der Waals surface area (Å²) in [6, 6.07) is 11.2. The number of hydrogen-bond donors (Lipinski definition) is 1. The number of sulfonamides is 1. The maximum atomic E-state index is 13.3. The van der Waals surface area contributed by atoms with Crippen LogP contribution in [-0.4, -0.2) is 48.8 Å². The van der Waals surface area contributed by atoms with Gasteiger partial charge in [-0.15, -0.1) is 0 Å². The monoisotopic (exact) mass is 497 g/mol. The first-order valence-electron chi connectivity index (χ1n) is 11.6. The third-order valence-corrected chi connectivity index (χ3v) is 8.22. The zero-order chi connectivity index (χ0) is 25.2. The smallest absolute Gasteiger partial charge is 0.243 e. The molecular weight excluding hydrogens is 470 g/mol. The van der Waals surface area contributed by atoms with E-state index in [0.717, 1.165) is 4.90 Å². The van der Waals surface area contributed by atoms with Crippen LogP contribution in [0.4, 0.5) is 11.4 Å². The number of hydrogen-bond acceptors (Lipinski definition) is 6. The topological polar surface area (TPSA) is 121 Å². The van der Waals surface area contributed by atoms with Crippen molar-refractivity contribution in [1.29, 1.82) is 0 Å². The summed E-state index contributed by atoms with van der Waals surface area (Å²) in [5.41, 5.74) is 1.28.